The first-order valence-electron chi connectivity index (χ1n) is 8.22. The molecule has 0 aliphatic carbocycles. The Hall–Kier alpha value is -2.24. The summed E-state index contributed by atoms with van der Waals surface area (Å²) in [6.45, 7) is 3.38. The normalized spacial score (nSPS) is 13.7. The van der Waals surface area contributed by atoms with Gasteiger partial charge in [-0.2, -0.15) is 0 Å². The molecule has 0 unspecified atom stereocenters. The highest BCUT2D eigenvalue weighted by Gasteiger charge is 2.17. The van der Waals surface area contributed by atoms with Crippen molar-refractivity contribution >= 4 is 17.6 Å². The number of hydrogen-bond donors (Lipinski definition) is 2. The summed E-state index contributed by atoms with van der Waals surface area (Å²) >= 11 is 0. The van der Waals surface area contributed by atoms with E-state index >= 15 is 0 Å². The summed E-state index contributed by atoms with van der Waals surface area (Å²) < 4.78 is 0. The zero-order valence-corrected chi connectivity index (χ0v) is 13.8. The molecule has 0 spiro atoms. The molecular weight excluding hydrogens is 292 g/mol. The van der Waals surface area contributed by atoms with Gasteiger partial charge in [0.1, 0.15) is 0 Å². The lowest BCUT2D eigenvalue weighted by atomic mass is 10.3. The van der Waals surface area contributed by atoms with Crippen LogP contribution < -0.4 is 15.5 Å². The minimum absolute atomic E-state index is 0.131. The number of anilines is 1. The molecule has 1 aliphatic rings. The fourth-order valence-electron chi connectivity index (χ4n) is 2.62. The van der Waals surface area contributed by atoms with Crippen molar-refractivity contribution in [3.05, 3.63) is 30.3 Å². The Labute approximate surface area is 137 Å². The van der Waals surface area contributed by atoms with Crippen LogP contribution in [0.5, 0.6) is 0 Å². The maximum atomic E-state index is 11.8. The summed E-state index contributed by atoms with van der Waals surface area (Å²) in [5, 5.41) is 5.54. The number of carbonyl (C=O) groups is 2. The average molecular weight is 318 g/mol. The van der Waals surface area contributed by atoms with E-state index in [9.17, 15) is 9.59 Å². The summed E-state index contributed by atoms with van der Waals surface area (Å²) in [5.41, 5.74) is 1.12. The molecule has 1 aliphatic heterocycles. The number of amides is 3. The highest BCUT2D eigenvalue weighted by molar-refractivity contribution is 5.78. The van der Waals surface area contributed by atoms with E-state index in [0.717, 1.165) is 38.2 Å². The quantitative estimate of drug-likeness (QED) is 0.799. The Morgan fingerprint density at radius 1 is 1.09 bits per heavy atom. The monoisotopic (exact) mass is 318 g/mol. The van der Waals surface area contributed by atoms with Crippen molar-refractivity contribution in [1.82, 2.24) is 15.5 Å². The molecule has 6 nitrogen and oxygen atoms in total. The molecule has 3 amide bonds. The Morgan fingerprint density at radius 2 is 1.74 bits per heavy atom. The SMILES string of the molecule is CN(CCNC(=O)NCCC(=O)N1CCCC1)c1ccccc1. The maximum absolute atomic E-state index is 11.8. The minimum atomic E-state index is -0.222. The van der Waals surface area contributed by atoms with E-state index < -0.39 is 0 Å². The molecule has 0 bridgehead atoms. The van der Waals surface area contributed by atoms with Crippen molar-refractivity contribution in [2.75, 3.05) is 44.7 Å². The molecule has 1 heterocycles. The van der Waals surface area contributed by atoms with Crippen molar-refractivity contribution in [3.8, 4) is 0 Å². The summed E-state index contributed by atoms with van der Waals surface area (Å²) in [6.07, 6.45) is 2.56. The van der Waals surface area contributed by atoms with E-state index in [1.165, 1.54) is 0 Å². The van der Waals surface area contributed by atoms with Crippen molar-refractivity contribution in [2.45, 2.75) is 19.3 Å². The molecule has 1 aromatic rings. The predicted octanol–water partition coefficient (Wildman–Crippen LogP) is 1.43. The minimum Gasteiger partial charge on any atom is -0.373 e. The first kappa shape index (κ1) is 17.1. The van der Waals surface area contributed by atoms with Crippen LogP contribution in [0.4, 0.5) is 10.5 Å². The first-order chi connectivity index (χ1) is 11.2. The van der Waals surface area contributed by atoms with Crippen LogP contribution in [-0.4, -0.2) is 56.6 Å². The van der Waals surface area contributed by atoms with Gasteiger partial charge >= 0.3 is 6.03 Å². The third-order valence-electron chi connectivity index (χ3n) is 4.01. The standard InChI is InChI=1S/C17H26N4O2/c1-20(15-7-3-2-4-8-15)14-11-19-17(23)18-10-9-16(22)21-12-5-6-13-21/h2-4,7-8H,5-6,9-14H2,1H3,(H2,18,19,23). The molecule has 2 N–H and O–H groups in total. The van der Waals surface area contributed by atoms with Gasteiger partial charge in [-0.05, 0) is 25.0 Å². The van der Waals surface area contributed by atoms with Gasteiger partial charge in [0.25, 0.3) is 0 Å². The second-order valence-electron chi connectivity index (χ2n) is 5.78. The number of likely N-dealkylation sites (tertiary alicyclic amines) is 1. The van der Waals surface area contributed by atoms with Gasteiger partial charge in [0, 0.05) is 51.9 Å². The van der Waals surface area contributed by atoms with Crippen LogP contribution in [-0.2, 0) is 4.79 Å². The van der Waals surface area contributed by atoms with E-state index in [1.807, 2.05) is 42.3 Å². The predicted molar refractivity (Wildman–Crippen MR) is 91.5 cm³/mol. The number of rotatable bonds is 7. The van der Waals surface area contributed by atoms with Gasteiger partial charge in [-0.25, -0.2) is 4.79 Å². The number of nitrogens with one attached hydrogen (secondary N) is 2. The second kappa shape index (κ2) is 9.02. The molecule has 6 heteroatoms. The molecule has 0 radical (unpaired) electrons. The van der Waals surface area contributed by atoms with Crippen LogP contribution in [0.3, 0.4) is 0 Å². The second-order valence-corrected chi connectivity index (χ2v) is 5.78. The molecule has 0 aromatic heterocycles. The molecule has 1 saturated heterocycles. The number of carbonyl (C=O) groups excluding carboxylic acids is 2. The Kier molecular flexibility index (Phi) is 6.72. The van der Waals surface area contributed by atoms with Gasteiger partial charge in [0.2, 0.25) is 5.91 Å². The molecular formula is C17H26N4O2. The third-order valence-corrected chi connectivity index (χ3v) is 4.01. The van der Waals surface area contributed by atoms with Crippen molar-refractivity contribution in [3.63, 3.8) is 0 Å². The number of para-hydroxylation sites is 1. The summed E-state index contributed by atoms with van der Waals surface area (Å²) in [7, 11) is 1.99. The molecule has 23 heavy (non-hydrogen) atoms. The van der Waals surface area contributed by atoms with Gasteiger partial charge in [0.15, 0.2) is 0 Å². The van der Waals surface area contributed by atoms with E-state index in [0.29, 0.717) is 19.5 Å². The van der Waals surface area contributed by atoms with E-state index in [1.54, 1.807) is 0 Å². The number of hydrogen-bond acceptors (Lipinski definition) is 3. The number of benzene rings is 1. The third kappa shape index (κ3) is 5.81. The van der Waals surface area contributed by atoms with Gasteiger partial charge in [-0.3, -0.25) is 4.79 Å². The lowest BCUT2D eigenvalue weighted by molar-refractivity contribution is -0.129. The van der Waals surface area contributed by atoms with Gasteiger partial charge in [-0.15, -0.1) is 0 Å². The van der Waals surface area contributed by atoms with Gasteiger partial charge in [0.05, 0.1) is 0 Å². The zero-order valence-electron chi connectivity index (χ0n) is 13.8. The Morgan fingerprint density at radius 3 is 2.43 bits per heavy atom. The van der Waals surface area contributed by atoms with E-state index in [2.05, 4.69) is 15.5 Å². The average Bonchev–Trinajstić information content (AvgIpc) is 3.10. The van der Waals surface area contributed by atoms with Gasteiger partial charge < -0.3 is 20.4 Å². The topological polar surface area (TPSA) is 64.7 Å². The summed E-state index contributed by atoms with van der Waals surface area (Å²) in [4.78, 5) is 27.5. The molecule has 2 rings (SSSR count). The van der Waals surface area contributed by atoms with Crippen LogP contribution in [0, 0.1) is 0 Å². The Balaban J connectivity index is 1.55. The van der Waals surface area contributed by atoms with Crippen LogP contribution >= 0.6 is 0 Å². The zero-order chi connectivity index (χ0) is 16.5. The van der Waals surface area contributed by atoms with E-state index in [4.69, 9.17) is 0 Å². The first-order valence-corrected chi connectivity index (χ1v) is 8.22. The van der Waals surface area contributed by atoms with E-state index in [-0.39, 0.29) is 11.9 Å². The number of nitrogens with zero attached hydrogens (tertiary/aromatic N) is 2. The van der Waals surface area contributed by atoms with Crippen LogP contribution in [0.25, 0.3) is 0 Å². The molecule has 1 fully saturated rings. The smallest absolute Gasteiger partial charge is 0.314 e. The van der Waals surface area contributed by atoms with Crippen LogP contribution in [0.1, 0.15) is 19.3 Å². The highest BCUT2D eigenvalue weighted by atomic mass is 16.2. The largest absolute Gasteiger partial charge is 0.373 e. The van der Waals surface area contributed by atoms with Gasteiger partial charge in [-0.1, -0.05) is 18.2 Å². The summed E-state index contributed by atoms with van der Waals surface area (Å²) in [5.74, 6) is 0.131. The van der Waals surface area contributed by atoms with Crippen LogP contribution in [0.15, 0.2) is 30.3 Å². The molecule has 0 atom stereocenters. The highest BCUT2D eigenvalue weighted by Crippen LogP contribution is 2.10. The number of likely N-dealkylation sites (N-methyl/N-ethyl adjacent to an activating group) is 1. The summed E-state index contributed by atoms with van der Waals surface area (Å²) in [6, 6.07) is 9.80. The number of urea groups is 1. The fourth-order valence-corrected chi connectivity index (χ4v) is 2.62. The van der Waals surface area contributed by atoms with Crippen molar-refractivity contribution in [2.24, 2.45) is 0 Å². The lowest BCUT2D eigenvalue weighted by Gasteiger charge is -2.19. The lowest BCUT2D eigenvalue weighted by Crippen LogP contribution is -2.41. The molecule has 1 aromatic carbocycles. The molecule has 0 saturated carbocycles. The Bertz CT molecular complexity index is 501. The molecule has 126 valence electrons. The fraction of sp³-hybridized carbons (Fsp3) is 0.529. The van der Waals surface area contributed by atoms with Crippen LogP contribution in [0.2, 0.25) is 0 Å². The maximum Gasteiger partial charge on any atom is 0.314 e. The van der Waals surface area contributed by atoms with Crippen molar-refractivity contribution in [1.29, 1.82) is 0 Å². The van der Waals surface area contributed by atoms with Crippen molar-refractivity contribution < 1.29 is 9.59 Å².